The Kier molecular flexibility index (Phi) is 4.00. The predicted octanol–water partition coefficient (Wildman–Crippen LogP) is 5.28. The molecule has 1 aliphatic rings. The molecule has 3 rings (SSSR count). The van der Waals surface area contributed by atoms with Crippen molar-refractivity contribution in [3.8, 4) is 0 Å². The van der Waals surface area contributed by atoms with Crippen molar-refractivity contribution in [2.45, 2.75) is 18.2 Å². The first-order valence-electron chi connectivity index (χ1n) is 6.48. The molecule has 0 fully saturated rings. The smallest absolute Gasteiger partial charge is 0.228 e. The van der Waals surface area contributed by atoms with E-state index in [9.17, 15) is 4.79 Å². The van der Waals surface area contributed by atoms with Crippen molar-refractivity contribution in [2.24, 2.45) is 0 Å². The van der Waals surface area contributed by atoms with Crippen molar-refractivity contribution in [3.05, 3.63) is 62.6 Å². The van der Waals surface area contributed by atoms with Gasteiger partial charge in [0.05, 0.1) is 11.2 Å². The Labute approximate surface area is 141 Å². The molecule has 0 bridgehead atoms. The van der Waals surface area contributed by atoms with Crippen LogP contribution in [0.15, 0.2) is 30.3 Å². The Hall–Kier alpha value is -1.03. The molecule has 1 amide bonds. The van der Waals surface area contributed by atoms with Gasteiger partial charge in [0.15, 0.2) is 0 Å². The molecule has 1 aliphatic heterocycles. The summed E-state index contributed by atoms with van der Waals surface area (Å²) in [5.74, 6) is 0.00303. The predicted molar refractivity (Wildman–Crippen MR) is 90.7 cm³/mol. The maximum atomic E-state index is 11.5. The van der Waals surface area contributed by atoms with Crippen LogP contribution in [0.1, 0.15) is 27.1 Å². The molecule has 1 unspecified atom stereocenters. The molecule has 1 atom stereocenters. The summed E-state index contributed by atoms with van der Waals surface area (Å²) in [6, 6.07) is 9.58. The minimum absolute atomic E-state index is 0.00303. The normalized spacial score (nSPS) is 14.8. The largest absolute Gasteiger partial charge is 0.325 e. The summed E-state index contributed by atoms with van der Waals surface area (Å²) in [5.41, 5.74) is 4.92. The molecule has 2 aromatic rings. The third-order valence-corrected chi connectivity index (χ3v) is 5.18. The summed E-state index contributed by atoms with van der Waals surface area (Å²) < 4.78 is 0. The highest BCUT2D eigenvalue weighted by Gasteiger charge is 2.23. The molecule has 0 spiro atoms. The van der Waals surface area contributed by atoms with Crippen molar-refractivity contribution in [2.75, 3.05) is 5.32 Å². The van der Waals surface area contributed by atoms with E-state index in [4.69, 9.17) is 23.2 Å². The number of hydrogen-bond donors (Lipinski definition) is 1. The van der Waals surface area contributed by atoms with E-state index in [1.165, 1.54) is 0 Å². The fourth-order valence-corrected chi connectivity index (χ4v) is 3.97. The zero-order valence-electron chi connectivity index (χ0n) is 11.2. The van der Waals surface area contributed by atoms with E-state index in [-0.39, 0.29) is 10.7 Å². The van der Waals surface area contributed by atoms with Gasteiger partial charge in [0.1, 0.15) is 0 Å². The van der Waals surface area contributed by atoms with Crippen molar-refractivity contribution in [3.63, 3.8) is 0 Å². The first kappa shape index (κ1) is 14.9. The Morgan fingerprint density at radius 3 is 2.71 bits per heavy atom. The first-order valence-corrected chi connectivity index (χ1v) is 8.15. The molecule has 0 aliphatic carbocycles. The van der Waals surface area contributed by atoms with E-state index in [0.717, 1.165) is 27.9 Å². The van der Waals surface area contributed by atoms with Crippen molar-refractivity contribution in [1.82, 2.24) is 0 Å². The zero-order chi connectivity index (χ0) is 15.1. The van der Waals surface area contributed by atoms with Gasteiger partial charge in [-0.1, -0.05) is 51.3 Å². The summed E-state index contributed by atoms with van der Waals surface area (Å²) in [6.45, 7) is 2.03. The number of carbonyl (C=O) groups is 1. The van der Waals surface area contributed by atoms with E-state index in [0.29, 0.717) is 16.5 Å². The summed E-state index contributed by atoms with van der Waals surface area (Å²) in [7, 11) is 0. The van der Waals surface area contributed by atoms with Gasteiger partial charge >= 0.3 is 0 Å². The summed E-state index contributed by atoms with van der Waals surface area (Å²) >= 11 is 16.2. The van der Waals surface area contributed by atoms with Crippen LogP contribution in [0.4, 0.5) is 5.69 Å². The highest BCUT2D eigenvalue weighted by Crippen LogP contribution is 2.40. The van der Waals surface area contributed by atoms with Crippen LogP contribution in [-0.4, -0.2) is 5.91 Å². The summed E-state index contributed by atoms with van der Waals surface area (Å²) in [6.07, 6.45) is 0.397. The van der Waals surface area contributed by atoms with Gasteiger partial charge in [-0.2, -0.15) is 0 Å². The lowest BCUT2D eigenvalue weighted by atomic mass is 9.98. The van der Waals surface area contributed by atoms with Crippen LogP contribution in [0, 0.1) is 6.92 Å². The number of fused-ring (bicyclic) bond motifs is 1. The summed E-state index contributed by atoms with van der Waals surface area (Å²) in [5, 5.41) is 4.12. The molecular formula is C16H12BrCl2NO. The number of nitrogens with one attached hydrogen (secondary N) is 1. The molecule has 2 nitrogen and oxygen atoms in total. The van der Waals surface area contributed by atoms with E-state index in [1.807, 2.05) is 37.3 Å². The molecule has 5 heteroatoms. The van der Waals surface area contributed by atoms with Gasteiger partial charge in [-0.15, -0.1) is 0 Å². The van der Waals surface area contributed by atoms with Crippen LogP contribution in [0.2, 0.25) is 10.0 Å². The molecule has 0 radical (unpaired) electrons. The molecule has 0 aromatic heterocycles. The maximum Gasteiger partial charge on any atom is 0.228 e. The number of anilines is 1. The second kappa shape index (κ2) is 5.64. The first-order chi connectivity index (χ1) is 9.95. The standard InChI is InChI=1S/C16H12BrCl2NO/c1-8-2-3-10(18)6-11(8)16(17)12-4-9-5-15(21)20-14(9)7-13(12)19/h2-4,6-7,16H,5H2,1H3,(H,20,21). The van der Waals surface area contributed by atoms with E-state index in [1.54, 1.807) is 0 Å². The number of halogens is 3. The zero-order valence-corrected chi connectivity index (χ0v) is 14.3. The number of alkyl halides is 1. The highest BCUT2D eigenvalue weighted by molar-refractivity contribution is 9.09. The number of hydrogen-bond acceptors (Lipinski definition) is 1. The van der Waals surface area contributed by atoms with Gasteiger partial charge in [0.2, 0.25) is 5.91 Å². The summed E-state index contributed by atoms with van der Waals surface area (Å²) in [4.78, 5) is 11.4. The third kappa shape index (κ3) is 2.83. The van der Waals surface area contributed by atoms with Crippen LogP contribution >= 0.6 is 39.1 Å². The van der Waals surface area contributed by atoms with Crippen LogP contribution < -0.4 is 5.32 Å². The molecule has 0 saturated carbocycles. The Morgan fingerprint density at radius 2 is 1.95 bits per heavy atom. The minimum Gasteiger partial charge on any atom is -0.325 e. The molecule has 1 N–H and O–H groups in total. The lowest BCUT2D eigenvalue weighted by Gasteiger charge is -2.16. The van der Waals surface area contributed by atoms with Gasteiger partial charge in [0.25, 0.3) is 0 Å². The molecule has 2 aromatic carbocycles. The third-order valence-electron chi connectivity index (χ3n) is 3.64. The van der Waals surface area contributed by atoms with E-state index < -0.39 is 0 Å². The van der Waals surface area contributed by atoms with Crippen LogP contribution in [0.25, 0.3) is 0 Å². The Balaban J connectivity index is 2.06. The lowest BCUT2D eigenvalue weighted by molar-refractivity contribution is -0.115. The number of benzene rings is 2. The van der Waals surface area contributed by atoms with Crippen LogP contribution in [0.3, 0.4) is 0 Å². The SMILES string of the molecule is Cc1ccc(Cl)cc1C(Br)c1cc2c(cc1Cl)NC(=O)C2. The topological polar surface area (TPSA) is 29.1 Å². The van der Waals surface area contributed by atoms with Gasteiger partial charge < -0.3 is 5.32 Å². The average Bonchev–Trinajstić information content (AvgIpc) is 2.79. The number of amides is 1. The molecule has 21 heavy (non-hydrogen) atoms. The van der Waals surface area contributed by atoms with Gasteiger partial charge in [-0.3, -0.25) is 4.79 Å². The fourth-order valence-electron chi connectivity index (χ4n) is 2.51. The van der Waals surface area contributed by atoms with Gasteiger partial charge in [0, 0.05) is 15.7 Å². The lowest BCUT2D eigenvalue weighted by Crippen LogP contribution is -2.03. The van der Waals surface area contributed by atoms with Crippen LogP contribution in [0.5, 0.6) is 0 Å². The minimum atomic E-state index is -0.0651. The Bertz CT molecular complexity index is 745. The fraction of sp³-hybridized carbons (Fsp3) is 0.188. The van der Waals surface area contributed by atoms with Crippen LogP contribution in [-0.2, 0) is 11.2 Å². The number of carbonyl (C=O) groups excluding carboxylic acids is 1. The highest BCUT2D eigenvalue weighted by atomic mass is 79.9. The number of aryl methyl sites for hydroxylation is 1. The molecule has 108 valence electrons. The average molecular weight is 385 g/mol. The van der Waals surface area contributed by atoms with Crippen molar-refractivity contribution >= 4 is 50.7 Å². The quantitative estimate of drug-likeness (QED) is 0.701. The van der Waals surface area contributed by atoms with E-state index in [2.05, 4.69) is 21.2 Å². The Morgan fingerprint density at radius 1 is 1.19 bits per heavy atom. The van der Waals surface area contributed by atoms with Crippen molar-refractivity contribution < 1.29 is 4.79 Å². The van der Waals surface area contributed by atoms with Gasteiger partial charge in [-0.25, -0.2) is 0 Å². The maximum absolute atomic E-state index is 11.5. The molecule has 1 heterocycles. The monoisotopic (exact) mass is 383 g/mol. The number of rotatable bonds is 2. The van der Waals surface area contributed by atoms with Crippen molar-refractivity contribution in [1.29, 1.82) is 0 Å². The second-order valence-corrected chi connectivity index (χ2v) is 6.88. The van der Waals surface area contributed by atoms with E-state index >= 15 is 0 Å². The molecular weight excluding hydrogens is 373 g/mol. The van der Waals surface area contributed by atoms with Gasteiger partial charge in [-0.05, 0) is 47.4 Å². The molecule has 0 saturated heterocycles. The second-order valence-electron chi connectivity index (χ2n) is 5.12.